The van der Waals surface area contributed by atoms with Gasteiger partial charge in [-0.05, 0) is 19.3 Å². The Balaban J connectivity index is 2.42. The Morgan fingerprint density at radius 2 is 2.05 bits per heavy atom. The number of rotatable bonds is 10. The summed E-state index contributed by atoms with van der Waals surface area (Å²) in [4.78, 5) is 23.7. The molecule has 1 aliphatic carbocycles. The first kappa shape index (κ1) is 16.9. The number of nitrogens with zero attached hydrogens (tertiary/aromatic N) is 1. The standard InChI is InChI=1S/C11H20N2O6S/c1-19-5-2-6-20(17,18)12-7-10(14)13(8-11(15)16)9-3-4-9/h9,12H,2-8H2,1H3,(H,15,16). The number of methoxy groups -OCH3 is 1. The van der Waals surface area contributed by atoms with Gasteiger partial charge in [-0.3, -0.25) is 9.59 Å². The van der Waals surface area contributed by atoms with E-state index in [-0.39, 0.29) is 11.8 Å². The molecule has 0 aromatic rings. The van der Waals surface area contributed by atoms with Crippen molar-refractivity contribution in [2.24, 2.45) is 0 Å². The highest BCUT2D eigenvalue weighted by molar-refractivity contribution is 7.89. The van der Waals surface area contributed by atoms with E-state index in [0.717, 1.165) is 12.8 Å². The highest BCUT2D eigenvalue weighted by Crippen LogP contribution is 2.26. The Labute approximate surface area is 118 Å². The predicted octanol–water partition coefficient (Wildman–Crippen LogP) is -0.982. The number of aliphatic carboxylic acids is 1. The van der Waals surface area contributed by atoms with Crippen LogP contribution in [-0.4, -0.2) is 68.9 Å². The lowest BCUT2D eigenvalue weighted by atomic mass is 10.4. The molecule has 0 aromatic carbocycles. The third-order valence-electron chi connectivity index (χ3n) is 2.82. The normalized spacial score (nSPS) is 15.1. The largest absolute Gasteiger partial charge is 0.480 e. The Kier molecular flexibility index (Phi) is 6.37. The molecule has 116 valence electrons. The molecule has 8 nitrogen and oxygen atoms in total. The Morgan fingerprint density at radius 1 is 1.40 bits per heavy atom. The van der Waals surface area contributed by atoms with Crippen molar-refractivity contribution in [1.82, 2.24) is 9.62 Å². The van der Waals surface area contributed by atoms with Gasteiger partial charge in [-0.25, -0.2) is 13.1 Å². The fourth-order valence-corrected chi connectivity index (χ4v) is 2.68. The SMILES string of the molecule is COCCCS(=O)(=O)NCC(=O)N(CC(=O)O)C1CC1. The molecule has 0 saturated heterocycles. The topological polar surface area (TPSA) is 113 Å². The van der Waals surface area contributed by atoms with Crippen molar-refractivity contribution in [1.29, 1.82) is 0 Å². The van der Waals surface area contributed by atoms with E-state index in [9.17, 15) is 18.0 Å². The van der Waals surface area contributed by atoms with Crippen LogP contribution in [0.25, 0.3) is 0 Å². The van der Waals surface area contributed by atoms with Gasteiger partial charge < -0.3 is 14.7 Å². The van der Waals surface area contributed by atoms with Crippen LogP contribution in [0.5, 0.6) is 0 Å². The van der Waals surface area contributed by atoms with E-state index in [4.69, 9.17) is 9.84 Å². The van der Waals surface area contributed by atoms with Crippen LogP contribution in [0, 0.1) is 0 Å². The van der Waals surface area contributed by atoms with Gasteiger partial charge in [0.25, 0.3) is 0 Å². The van der Waals surface area contributed by atoms with Gasteiger partial charge >= 0.3 is 5.97 Å². The van der Waals surface area contributed by atoms with Gasteiger partial charge in [-0.2, -0.15) is 0 Å². The van der Waals surface area contributed by atoms with Crippen LogP contribution in [0.4, 0.5) is 0 Å². The van der Waals surface area contributed by atoms with E-state index >= 15 is 0 Å². The summed E-state index contributed by atoms with van der Waals surface area (Å²) in [7, 11) is -2.07. The number of amides is 1. The maximum atomic E-state index is 11.8. The summed E-state index contributed by atoms with van der Waals surface area (Å²) in [6, 6.07) is -0.0726. The lowest BCUT2D eigenvalue weighted by Gasteiger charge is -2.20. The minimum atomic E-state index is -3.54. The fourth-order valence-electron chi connectivity index (χ4n) is 1.69. The number of hydrogen-bond acceptors (Lipinski definition) is 5. The zero-order chi connectivity index (χ0) is 15.2. The van der Waals surface area contributed by atoms with E-state index in [1.807, 2.05) is 0 Å². The number of carboxylic acid groups (broad SMARTS) is 1. The molecule has 9 heteroatoms. The van der Waals surface area contributed by atoms with Crippen LogP contribution in [0.15, 0.2) is 0 Å². The van der Waals surface area contributed by atoms with Crippen molar-refractivity contribution >= 4 is 21.9 Å². The average molecular weight is 308 g/mol. The Hall–Kier alpha value is -1.19. The zero-order valence-electron chi connectivity index (χ0n) is 11.4. The monoisotopic (exact) mass is 308 g/mol. The smallest absolute Gasteiger partial charge is 0.323 e. The van der Waals surface area contributed by atoms with Gasteiger partial charge in [-0.1, -0.05) is 0 Å². The number of sulfonamides is 1. The minimum Gasteiger partial charge on any atom is -0.480 e. The molecule has 1 fully saturated rings. The average Bonchev–Trinajstić information content (AvgIpc) is 3.17. The van der Waals surface area contributed by atoms with E-state index in [1.54, 1.807) is 0 Å². The second-order valence-electron chi connectivity index (χ2n) is 4.63. The van der Waals surface area contributed by atoms with Crippen molar-refractivity contribution < 1.29 is 27.9 Å². The fraction of sp³-hybridized carbons (Fsp3) is 0.818. The third-order valence-corrected chi connectivity index (χ3v) is 4.23. The molecule has 1 rings (SSSR count). The van der Waals surface area contributed by atoms with Gasteiger partial charge in [0.15, 0.2) is 0 Å². The summed E-state index contributed by atoms with van der Waals surface area (Å²) in [6.07, 6.45) is 1.86. The molecule has 0 spiro atoms. The van der Waals surface area contributed by atoms with Crippen LogP contribution in [0.3, 0.4) is 0 Å². The highest BCUT2D eigenvalue weighted by Gasteiger charge is 2.33. The first-order valence-electron chi connectivity index (χ1n) is 6.33. The number of carboxylic acids is 1. The lowest BCUT2D eigenvalue weighted by molar-refractivity contribution is -0.144. The molecule has 0 aliphatic heterocycles. The third kappa shape index (κ3) is 6.31. The Morgan fingerprint density at radius 3 is 2.55 bits per heavy atom. The summed E-state index contributed by atoms with van der Waals surface area (Å²) in [5.74, 6) is -1.74. The summed E-state index contributed by atoms with van der Waals surface area (Å²) < 4.78 is 30.1. The molecular formula is C11H20N2O6S. The van der Waals surface area contributed by atoms with Crippen LogP contribution < -0.4 is 4.72 Å². The number of carbonyl (C=O) groups is 2. The summed E-state index contributed by atoms with van der Waals surface area (Å²) >= 11 is 0. The quantitative estimate of drug-likeness (QED) is 0.501. The van der Waals surface area contributed by atoms with Gasteiger partial charge in [-0.15, -0.1) is 0 Å². The number of carbonyl (C=O) groups excluding carboxylic acids is 1. The molecule has 0 radical (unpaired) electrons. The Bertz CT molecular complexity index is 446. The van der Waals surface area contributed by atoms with Crippen LogP contribution >= 0.6 is 0 Å². The number of ether oxygens (including phenoxy) is 1. The lowest BCUT2D eigenvalue weighted by Crippen LogP contribution is -2.44. The molecule has 20 heavy (non-hydrogen) atoms. The first-order chi connectivity index (χ1) is 9.35. The molecule has 0 heterocycles. The van der Waals surface area contributed by atoms with Crippen molar-refractivity contribution in [2.75, 3.05) is 32.6 Å². The summed E-state index contributed by atoms with van der Waals surface area (Å²) in [5.41, 5.74) is 0. The highest BCUT2D eigenvalue weighted by atomic mass is 32.2. The van der Waals surface area contributed by atoms with Crippen molar-refractivity contribution in [2.45, 2.75) is 25.3 Å². The van der Waals surface area contributed by atoms with E-state index in [1.165, 1.54) is 12.0 Å². The van der Waals surface area contributed by atoms with Crippen molar-refractivity contribution in [3.05, 3.63) is 0 Å². The molecule has 1 amide bonds. The number of nitrogens with one attached hydrogen (secondary N) is 1. The zero-order valence-corrected chi connectivity index (χ0v) is 12.2. The molecule has 0 unspecified atom stereocenters. The maximum absolute atomic E-state index is 11.8. The van der Waals surface area contributed by atoms with Crippen molar-refractivity contribution in [3.8, 4) is 0 Å². The number of hydrogen-bond donors (Lipinski definition) is 2. The van der Waals surface area contributed by atoms with Crippen LogP contribution in [0.2, 0.25) is 0 Å². The molecular weight excluding hydrogens is 288 g/mol. The molecule has 0 atom stereocenters. The predicted molar refractivity (Wildman–Crippen MR) is 70.7 cm³/mol. The van der Waals surface area contributed by atoms with E-state index < -0.39 is 35.0 Å². The van der Waals surface area contributed by atoms with Gasteiger partial charge in [0, 0.05) is 19.8 Å². The second kappa shape index (κ2) is 7.55. The minimum absolute atomic E-state index is 0.0726. The molecule has 1 aliphatic rings. The molecule has 0 bridgehead atoms. The van der Waals surface area contributed by atoms with Crippen LogP contribution in [-0.2, 0) is 24.3 Å². The maximum Gasteiger partial charge on any atom is 0.323 e. The molecule has 2 N–H and O–H groups in total. The van der Waals surface area contributed by atoms with Gasteiger partial charge in [0.2, 0.25) is 15.9 Å². The summed E-state index contributed by atoms with van der Waals surface area (Å²) in [5, 5.41) is 8.73. The molecule has 1 saturated carbocycles. The van der Waals surface area contributed by atoms with Gasteiger partial charge in [0.1, 0.15) is 6.54 Å². The summed E-state index contributed by atoms with van der Waals surface area (Å²) in [6.45, 7) is -0.476. The van der Waals surface area contributed by atoms with Crippen molar-refractivity contribution in [3.63, 3.8) is 0 Å². The van der Waals surface area contributed by atoms with E-state index in [2.05, 4.69) is 4.72 Å². The van der Waals surface area contributed by atoms with Gasteiger partial charge in [0.05, 0.1) is 12.3 Å². The molecule has 0 aromatic heterocycles. The van der Waals surface area contributed by atoms with Crippen LogP contribution in [0.1, 0.15) is 19.3 Å². The second-order valence-corrected chi connectivity index (χ2v) is 6.56. The first-order valence-corrected chi connectivity index (χ1v) is 7.98. The van der Waals surface area contributed by atoms with E-state index in [0.29, 0.717) is 13.0 Å².